The van der Waals surface area contributed by atoms with Crippen molar-refractivity contribution in [3.05, 3.63) is 194 Å². The Hall–Kier alpha value is -7.68. The molecule has 2 heterocycles. The molecular formula is C56H32O2. The molecule has 0 aliphatic carbocycles. The molecule has 0 N–H and O–H groups in total. The van der Waals surface area contributed by atoms with Gasteiger partial charge in [0, 0.05) is 38.2 Å². The third-order valence-electron chi connectivity index (χ3n) is 12.4. The quantitative estimate of drug-likeness (QED) is 0.133. The third-order valence-corrected chi connectivity index (χ3v) is 12.4. The van der Waals surface area contributed by atoms with Gasteiger partial charge in [-0.25, -0.2) is 0 Å². The molecule has 0 aliphatic rings. The topological polar surface area (TPSA) is 26.3 Å². The van der Waals surface area contributed by atoms with E-state index in [4.69, 9.17) is 8.83 Å². The van der Waals surface area contributed by atoms with E-state index in [-0.39, 0.29) is 0 Å². The van der Waals surface area contributed by atoms with Gasteiger partial charge in [-0.05, 0) is 101 Å². The zero-order valence-corrected chi connectivity index (χ0v) is 31.3. The zero-order chi connectivity index (χ0) is 37.9. The molecule has 0 spiro atoms. The molecule has 0 bridgehead atoms. The summed E-state index contributed by atoms with van der Waals surface area (Å²) < 4.78 is 13.6. The van der Waals surface area contributed by atoms with E-state index in [1.165, 1.54) is 70.6 Å². The van der Waals surface area contributed by atoms with E-state index in [0.29, 0.717) is 0 Å². The molecule has 2 nitrogen and oxygen atoms in total. The van der Waals surface area contributed by atoms with E-state index in [1.807, 2.05) is 12.1 Å². The van der Waals surface area contributed by atoms with Gasteiger partial charge in [-0.2, -0.15) is 0 Å². The van der Waals surface area contributed by atoms with Gasteiger partial charge in [0.05, 0.1) is 0 Å². The van der Waals surface area contributed by atoms with Crippen LogP contribution in [0.5, 0.6) is 0 Å². The third kappa shape index (κ3) is 4.37. The first-order chi connectivity index (χ1) is 28.8. The van der Waals surface area contributed by atoms with Crippen molar-refractivity contribution in [2.45, 2.75) is 0 Å². The Bertz CT molecular complexity index is 3800. The monoisotopic (exact) mass is 736 g/mol. The van der Waals surface area contributed by atoms with Crippen LogP contribution in [0.15, 0.2) is 203 Å². The normalized spacial score (nSPS) is 12.1. The predicted octanol–water partition coefficient (Wildman–Crippen LogP) is 16.3. The fraction of sp³-hybridized carbons (Fsp3) is 0. The van der Waals surface area contributed by atoms with Crippen LogP contribution in [0.1, 0.15) is 0 Å². The lowest BCUT2D eigenvalue weighted by Gasteiger charge is -2.19. The number of para-hydroxylation sites is 3. The van der Waals surface area contributed by atoms with Crippen LogP contribution in [0.25, 0.3) is 131 Å². The van der Waals surface area contributed by atoms with Gasteiger partial charge in [-0.15, -0.1) is 0 Å². The number of rotatable bonds is 3. The van der Waals surface area contributed by atoms with Crippen molar-refractivity contribution >= 4 is 97.7 Å². The first-order valence-electron chi connectivity index (χ1n) is 19.9. The molecule has 0 aliphatic heterocycles. The van der Waals surface area contributed by atoms with Gasteiger partial charge in [0.25, 0.3) is 0 Å². The molecule has 2 aromatic heterocycles. The van der Waals surface area contributed by atoms with Gasteiger partial charge in [0.15, 0.2) is 0 Å². The van der Waals surface area contributed by atoms with Crippen molar-refractivity contribution in [2.75, 3.05) is 0 Å². The smallest absolute Gasteiger partial charge is 0.143 e. The van der Waals surface area contributed by atoms with Crippen LogP contribution in [0.3, 0.4) is 0 Å². The number of benzene rings is 11. The summed E-state index contributed by atoms with van der Waals surface area (Å²) >= 11 is 0. The average Bonchev–Trinajstić information content (AvgIpc) is 3.87. The van der Waals surface area contributed by atoms with Gasteiger partial charge in [-0.3, -0.25) is 0 Å². The lowest BCUT2D eigenvalue weighted by atomic mass is 9.83. The zero-order valence-electron chi connectivity index (χ0n) is 31.3. The molecule has 13 rings (SSSR count). The van der Waals surface area contributed by atoms with Crippen molar-refractivity contribution in [3.8, 4) is 33.4 Å². The van der Waals surface area contributed by atoms with Crippen molar-refractivity contribution in [3.63, 3.8) is 0 Å². The second-order valence-electron chi connectivity index (χ2n) is 15.5. The summed E-state index contributed by atoms with van der Waals surface area (Å²) in [5.41, 5.74) is 10.4. The number of furan rings is 2. The molecule has 0 amide bonds. The molecule has 0 fully saturated rings. The van der Waals surface area contributed by atoms with Crippen LogP contribution >= 0.6 is 0 Å². The van der Waals surface area contributed by atoms with Gasteiger partial charge < -0.3 is 8.83 Å². The molecule has 2 heteroatoms. The van der Waals surface area contributed by atoms with Crippen molar-refractivity contribution in [2.24, 2.45) is 0 Å². The summed E-state index contributed by atoms with van der Waals surface area (Å²) in [6.45, 7) is 0. The van der Waals surface area contributed by atoms with Crippen LogP contribution in [0, 0.1) is 0 Å². The Morgan fingerprint density at radius 1 is 0.241 bits per heavy atom. The molecule has 0 radical (unpaired) electrons. The van der Waals surface area contributed by atoms with E-state index in [1.54, 1.807) is 0 Å². The van der Waals surface area contributed by atoms with Crippen LogP contribution in [0.2, 0.25) is 0 Å². The summed E-state index contributed by atoms with van der Waals surface area (Å²) in [4.78, 5) is 0. The lowest BCUT2D eigenvalue weighted by molar-refractivity contribution is 0.669. The molecule has 0 saturated heterocycles. The predicted molar refractivity (Wildman–Crippen MR) is 245 cm³/mol. The second-order valence-corrected chi connectivity index (χ2v) is 15.5. The van der Waals surface area contributed by atoms with Crippen LogP contribution in [0.4, 0.5) is 0 Å². The standard InChI is InChI=1S/C56H32O2/c1-2-14-34-32-49-35(31-33(34)13-1)27-28-37-36(49)21-11-22-39(37)52-40-16-3-5-18-42(40)53(43-19-6-4-17-41(43)52)48-30-29-44(54-47-20-8-10-26-51(47)58-56(48)54)46-24-12-23-45-38-15-7-9-25-50(38)57-55(45)46/h1-32H. The average molecular weight is 737 g/mol. The maximum atomic E-state index is 6.98. The molecular weight excluding hydrogens is 705 g/mol. The highest BCUT2D eigenvalue weighted by molar-refractivity contribution is 6.28. The Kier molecular flexibility index (Phi) is 6.47. The van der Waals surface area contributed by atoms with Crippen molar-refractivity contribution in [1.82, 2.24) is 0 Å². The van der Waals surface area contributed by atoms with Gasteiger partial charge in [0.1, 0.15) is 22.3 Å². The molecule has 11 aromatic carbocycles. The van der Waals surface area contributed by atoms with Crippen LogP contribution < -0.4 is 0 Å². The van der Waals surface area contributed by atoms with E-state index < -0.39 is 0 Å². The first kappa shape index (κ1) is 31.5. The minimum Gasteiger partial charge on any atom is -0.455 e. The SMILES string of the molecule is c1ccc2cc3c(ccc4c(-c5c6ccccc6c(-c6ccc(-c7cccc8c7oc7ccccc78)c7c6oc6ccccc67)c6ccccc56)cccc43)cc2c1. The Morgan fingerprint density at radius 2 is 0.759 bits per heavy atom. The van der Waals surface area contributed by atoms with Gasteiger partial charge in [0.2, 0.25) is 0 Å². The van der Waals surface area contributed by atoms with E-state index >= 15 is 0 Å². The Balaban J connectivity index is 1.11. The highest BCUT2D eigenvalue weighted by Crippen LogP contribution is 2.50. The number of hydrogen-bond donors (Lipinski definition) is 0. The van der Waals surface area contributed by atoms with Gasteiger partial charge >= 0.3 is 0 Å². The van der Waals surface area contributed by atoms with E-state index in [9.17, 15) is 0 Å². The van der Waals surface area contributed by atoms with Crippen molar-refractivity contribution in [1.29, 1.82) is 0 Å². The highest BCUT2D eigenvalue weighted by Gasteiger charge is 2.24. The summed E-state index contributed by atoms with van der Waals surface area (Å²) in [5, 5.41) is 16.8. The molecule has 13 aromatic rings. The largest absolute Gasteiger partial charge is 0.455 e. The summed E-state index contributed by atoms with van der Waals surface area (Å²) in [6.07, 6.45) is 0. The summed E-state index contributed by atoms with van der Waals surface area (Å²) in [6, 6.07) is 70.3. The number of fused-ring (bicyclic) bond motifs is 12. The molecule has 0 unspecified atom stereocenters. The Morgan fingerprint density at radius 3 is 1.48 bits per heavy atom. The molecule has 0 atom stereocenters. The molecule has 0 saturated carbocycles. The first-order valence-corrected chi connectivity index (χ1v) is 19.9. The fourth-order valence-corrected chi connectivity index (χ4v) is 9.92. The lowest BCUT2D eigenvalue weighted by Crippen LogP contribution is -1.92. The summed E-state index contributed by atoms with van der Waals surface area (Å²) in [5.74, 6) is 0. The maximum absolute atomic E-state index is 6.98. The number of hydrogen-bond acceptors (Lipinski definition) is 2. The fourth-order valence-electron chi connectivity index (χ4n) is 9.92. The minimum absolute atomic E-state index is 0.865. The molecule has 58 heavy (non-hydrogen) atoms. The minimum atomic E-state index is 0.865. The summed E-state index contributed by atoms with van der Waals surface area (Å²) in [7, 11) is 0. The Labute approximate surface area is 332 Å². The van der Waals surface area contributed by atoms with Crippen molar-refractivity contribution < 1.29 is 8.83 Å². The van der Waals surface area contributed by atoms with E-state index in [2.05, 4.69) is 182 Å². The maximum Gasteiger partial charge on any atom is 0.143 e. The van der Waals surface area contributed by atoms with Crippen LogP contribution in [-0.2, 0) is 0 Å². The van der Waals surface area contributed by atoms with Gasteiger partial charge in [-0.1, -0.05) is 164 Å². The van der Waals surface area contributed by atoms with E-state index in [0.717, 1.165) is 60.6 Å². The second kappa shape index (κ2) is 11.9. The van der Waals surface area contributed by atoms with Crippen LogP contribution in [-0.4, -0.2) is 0 Å². The molecule has 268 valence electrons. The highest BCUT2D eigenvalue weighted by atomic mass is 16.3.